The first-order valence-corrected chi connectivity index (χ1v) is 5.63. The van der Waals surface area contributed by atoms with E-state index < -0.39 is 0 Å². The highest BCUT2D eigenvalue weighted by molar-refractivity contribution is 9.10. The minimum atomic E-state index is 0.591. The Morgan fingerprint density at radius 3 is 2.75 bits per heavy atom. The van der Waals surface area contributed by atoms with Gasteiger partial charge in [0, 0.05) is 21.0 Å². The third kappa shape index (κ3) is 1.34. The van der Waals surface area contributed by atoms with Gasteiger partial charge in [0.2, 0.25) is 0 Å². The second-order valence-electron chi connectivity index (χ2n) is 3.55. The van der Waals surface area contributed by atoms with Gasteiger partial charge >= 0.3 is 0 Å². The zero-order valence-electron chi connectivity index (χ0n) is 8.22. The van der Waals surface area contributed by atoms with E-state index in [-0.39, 0.29) is 0 Å². The fourth-order valence-corrected chi connectivity index (χ4v) is 2.19. The van der Waals surface area contributed by atoms with E-state index in [0.717, 1.165) is 15.2 Å². The molecular formula is C12H7BrN2O. The molecule has 0 aliphatic heterocycles. The van der Waals surface area contributed by atoms with E-state index in [9.17, 15) is 5.21 Å². The Morgan fingerprint density at radius 2 is 1.88 bits per heavy atom. The molecule has 0 N–H and O–H groups in total. The summed E-state index contributed by atoms with van der Waals surface area (Å²) in [7, 11) is 0. The van der Waals surface area contributed by atoms with Gasteiger partial charge in [-0.05, 0) is 29.1 Å². The summed E-state index contributed by atoms with van der Waals surface area (Å²) in [6.45, 7) is 0. The number of halogens is 1. The number of aromatic nitrogens is 2. The molecule has 3 rings (SSSR count). The van der Waals surface area contributed by atoms with Gasteiger partial charge in [-0.15, -0.1) is 0 Å². The predicted molar refractivity (Wildman–Crippen MR) is 65.9 cm³/mol. The predicted octanol–water partition coefficient (Wildman–Crippen LogP) is 2.78. The monoisotopic (exact) mass is 274 g/mol. The van der Waals surface area contributed by atoms with E-state index in [4.69, 9.17) is 0 Å². The lowest BCUT2D eigenvalue weighted by Gasteiger charge is -2.03. The van der Waals surface area contributed by atoms with Gasteiger partial charge in [0.25, 0.3) is 5.52 Å². The van der Waals surface area contributed by atoms with Gasteiger partial charge in [0.15, 0.2) is 0 Å². The molecule has 0 aliphatic rings. The van der Waals surface area contributed by atoms with Crippen molar-refractivity contribution in [3.8, 4) is 0 Å². The third-order valence-corrected chi connectivity index (χ3v) is 3.05. The Bertz CT molecular complexity index is 697. The van der Waals surface area contributed by atoms with Gasteiger partial charge in [-0.3, -0.25) is 0 Å². The zero-order valence-corrected chi connectivity index (χ0v) is 9.81. The third-order valence-electron chi connectivity index (χ3n) is 2.56. The van der Waals surface area contributed by atoms with Crippen LogP contribution >= 0.6 is 15.9 Å². The summed E-state index contributed by atoms with van der Waals surface area (Å²) in [6, 6.07) is 13.1. The minimum absolute atomic E-state index is 0.591. The molecule has 4 heteroatoms. The normalized spacial score (nSPS) is 11.1. The van der Waals surface area contributed by atoms with Gasteiger partial charge in [-0.2, -0.15) is 0 Å². The average molecular weight is 275 g/mol. The molecule has 0 spiro atoms. The number of nitrogens with zero attached hydrogens (tertiary/aromatic N) is 2. The first-order chi connectivity index (χ1) is 7.75. The van der Waals surface area contributed by atoms with Crippen LogP contribution in [-0.2, 0) is 0 Å². The van der Waals surface area contributed by atoms with Crippen LogP contribution in [0.2, 0.25) is 0 Å². The van der Waals surface area contributed by atoms with Crippen LogP contribution in [0.4, 0.5) is 0 Å². The first-order valence-electron chi connectivity index (χ1n) is 4.83. The Morgan fingerprint density at radius 1 is 1.06 bits per heavy atom. The molecule has 1 heterocycles. The van der Waals surface area contributed by atoms with Crippen molar-refractivity contribution in [2.75, 3.05) is 0 Å². The quantitative estimate of drug-likeness (QED) is 0.359. The molecule has 0 bridgehead atoms. The van der Waals surface area contributed by atoms with Gasteiger partial charge in [0.1, 0.15) is 5.52 Å². The van der Waals surface area contributed by atoms with E-state index >= 15 is 0 Å². The van der Waals surface area contributed by atoms with Crippen LogP contribution in [0.15, 0.2) is 46.9 Å². The second-order valence-corrected chi connectivity index (χ2v) is 4.47. The Labute approximate surface area is 100 Å². The standard InChI is InChI=1S/C12H7BrN2O/c13-8-5-6-11-10(7-8)9-3-1-2-4-12(9)15(16)14-11/h1-7H. The molecule has 1 aromatic heterocycles. The summed E-state index contributed by atoms with van der Waals surface area (Å²) in [5.41, 5.74) is 1.30. The molecule has 0 saturated carbocycles. The summed E-state index contributed by atoms with van der Waals surface area (Å²) in [5.74, 6) is 0. The summed E-state index contributed by atoms with van der Waals surface area (Å²) in [5, 5.41) is 17.6. The van der Waals surface area contributed by atoms with Gasteiger partial charge < -0.3 is 5.21 Å². The smallest absolute Gasteiger partial charge is 0.252 e. The average Bonchev–Trinajstić information content (AvgIpc) is 2.31. The fraction of sp³-hybridized carbons (Fsp3) is 0. The highest BCUT2D eigenvalue weighted by atomic mass is 79.9. The number of para-hydroxylation sites is 1. The minimum Gasteiger partial charge on any atom is -0.594 e. The van der Waals surface area contributed by atoms with Crippen molar-refractivity contribution in [1.82, 2.24) is 5.10 Å². The molecular weight excluding hydrogens is 268 g/mol. The van der Waals surface area contributed by atoms with Crippen molar-refractivity contribution in [2.45, 2.75) is 0 Å². The highest BCUT2D eigenvalue weighted by Gasteiger charge is 2.10. The number of hydrogen-bond donors (Lipinski definition) is 0. The number of fused-ring (bicyclic) bond motifs is 3. The molecule has 0 radical (unpaired) electrons. The van der Waals surface area contributed by atoms with Gasteiger partial charge in [-0.1, -0.05) is 28.1 Å². The van der Waals surface area contributed by atoms with Crippen LogP contribution in [0.5, 0.6) is 0 Å². The van der Waals surface area contributed by atoms with E-state index in [1.165, 1.54) is 0 Å². The molecule has 2 aromatic carbocycles. The maximum Gasteiger partial charge on any atom is 0.252 e. The Balaban J connectivity index is 2.61. The van der Waals surface area contributed by atoms with Crippen molar-refractivity contribution >= 4 is 37.7 Å². The molecule has 16 heavy (non-hydrogen) atoms. The van der Waals surface area contributed by atoms with Crippen molar-refractivity contribution in [2.24, 2.45) is 0 Å². The summed E-state index contributed by atoms with van der Waals surface area (Å²) in [6.07, 6.45) is 0. The maximum absolute atomic E-state index is 11.7. The Hall–Kier alpha value is -1.68. The molecule has 0 atom stereocenters. The van der Waals surface area contributed by atoms with Crippen LogP contribution in [0, 0.1) is 5.21 Å². The molecule has 0 saturated heterocycles. The first kappa shape index (κ1) is 9.54. The van der Waals surface area contributed by atoms with Crippen LogP contribution in [0.25, 0.3) is 21.8 Å². The lowest BCUT2D eigenvalue weighted by Crippen LogP contribution is -2.31. The maximum atomic E-state index is 11.7. The molecule has 0 aliphatic carbocycles. The second kappa shape index (κ2) is 3.42. The lowest BCUT2D eigenvalue weighted by molar-refractivity contribution is -0.639. The topological polar surface area (TPSA) is 39.8 Å². The summed E-state index contributed by atoms with van der Waals surface area (Å²) < 4.78 is 0.982. The van der Waals surface area contributed by atoms with Gasteiger partial charge in [0.05, 0.1) is 5.39 Å². The van der Waals surface area contributed by atoms with E-state index in [0.29, 0.717) is 15.9 Å². The summed E-state index contributed by atoms with van der Waals surface area (Å²) >= 11 is 3.42. The Kier molecular flexibility index (Phi) is 2.04. The highest BCUT2D eigenvalue weighted by Crippen LogP contribution is 2.23. The number of rotatable bonds is 0. The molecule has 3 aromatic rings. The lowest BCUT2D eigenvalue weighted by atomic mass is 10.1. The van der Waals surface area contributed by atoms with Crippen molar-refractivity contribution in [1.29, 1.82) is 0 Å². The zero-order chi connectivity index (χ0) is 11.1. The van der Waals surface area contributed by atoms with Crippen molar-refractivity contribution in [3.05, 3.63) is 52.1 Å². The van der Waals surface area contributed by atoms with E-state index in [1.54, 1.807) is 6.07 Å². The van der Waals surface area contributed by atoms with E-state index in [1.807, 2.05) is 36.4 Å². The molecule has 0 unspecified atom stereocenters. The van der Waals surface area contributed by atoms with Crippen LogP contribution in [-0.4, -0.2) is 5.10 Å². The largest absolute Gasteiger partial charge is 0.594 e. The fourth-order valence-electron chi connectivity index (χ4n) is 1.83. The van der Waals surface area contributed by atoms with Gasteiger partial charge in [-0.25, -0.2) is 0 Å². The van der Waals surface area contributed by atoms with Crippen LogP contribution in [0.1, 0.15) is 0 Å². The van der Waals surface area contributed by atoms with Crippen molar-refractivity contribution in [3.63, 3.8) is 0 Å². The molecule has 0 amide bonds. The molecule has 78 valence electrons. The van der Waals surface area contributed by atoms with Crippen LogP contribution < -0.4 is 4.85 Å². The number of benzene rings is 2. The van der Waals surface area contributed by atoms with Crippen LogP contribution in [0.3, 0.4) is 0 Å². The summed E-state index contributed by atoms with van der Waals surface area (Å²) in [4.78, 5) is 0.672. The SMILES string of the molecule is [O-][n+]1nc2ccc(Br)cc2c2ccccc21. The van der Waals surface area contributed by atoms with E-state index in [2.05, 4.69) is 21.0 Å². The molecule has 3 nitrogen and oxygen atoms in total. The molecule has 0 fully saturated rings. The van der Waals surface area contributed by atoms with Crippen molar-refractivity contribution < 1.29 is 4.85 Å². The number of hydrogen-bond acceptors (Lipinski definition) is 2.